The van der Waals surface area contributed by atoms with E-state index in [4.69, 9.17) is 4.52 Å². The Morgan fingerprint density at radius 3 is 2.76 bits per heavy atom. The number of nitro groups is 1. The van der Waals surface area contributed by atoms with Gasteiger partial charge in [0, 0.05) is 34.3 Å². The molecule has 2 aromatic rings. The van der Waals surface area contributed by atoms with E-state index in [1.54, 1.807) is 12.1 Å². The van der Waals surface area contributed by atoms with Gasteiger partial charge in [-0.15, -0.1) is 0 Å². The number of benzene rings is 1. The molecule has 1 unspecified atom stereocenters. The minimum atomic E-state index is -0.371. The molecule has 2 rings (SSSR count). The van der Waals surface area contributed by atoms with Crippen LogP contribution >= 0.6 is 15.9 Å². The Morgan fingerprint density at radius 2 is 2.19 bits per heavy atom. The fourth-order valence-corrected chi connectivity index (χ4v) is 2.76. The van der Waals surface area contributed by atoms with Crippen LogP contribution in [0.25, 0.3) is 0 Å². The molecular weight excluding hydrogens is 338 g/mol. The summed E-state index contributed by atoms with van der Waals surface area (Å²) in [5, 5.41) is 18.3. The second kappa shape index (κ2) is 6.36. The maximum Gasteiger partial charge on any atom is 0.273 e. The predicted molar refractivity (Wildman–Crippen MR) is 82.0 cm³/mol. The summed E-state index contributed by atoms with van der Waals surface area (Å²) in [5.41, 5.74) is 2.56. The van der Waals surface area contributed by atoms with Gasteiger partial charge in [-0.25, -0.2) is 0 Å². The molecular formula is C14H16BrN3O3. The molecule has 1 aromatic heterocycles. The van der Waals surface area contributed by atoms with Crippen LogP contribution in [0, 0.1) is 24.0 Å². The molecule has 112 valence electrons. The number of hydrogen-bond acceptors (Lipinski definition) is 5. The number of nitrogens with one attached hydrogen (secondary N) is 1. The zero-order valence-corrected chi connectivity index (χ0v) is 13.6. The van der Waals surface area contributed by atoms with Gasteiger partial charge in [-0.2, -0.15) is 0 Å². The lowest BCUT2D eigenvalue weighted by Gasteiger charge is -2.14. The maximum absolute atomic E-state index is 11.1. The number of aromatic nitrogens is 1. The first kappa shape index (κ1) is 15.7. The lowest BCUT2D eigenvalue weighted by atomic mass is 10.1. The molecule has 1 heterocycles. The zero-order chi connectivity index (χ0) is 15.6. The lowest BCUT2D eigenvalue weighted by Crippen LogP contribution is -2.19. The monoisotopic (exact) mass is 353 g/mol. The molecule has 0 aliphatic heterocycles. The van der Waals surface area contributed by atoms with Crippen molar-refractivity contribution < 1.29 is 9.45 Å². The molecule has 0 aliphatic rings. The van der Waals surface area contributed by atoms with Crippen LogP contribution in [-0.4, -0.2) is 10.1 Å². The average molecular weight is 354 g/mol. The van der Waals surface area contributed by atoms with Gasteiger partial charge in [0.25, 0.3) is 5.69 Å². The highest BCUT2D eigenvalue weighted by atomic mass is 79.9. The summed E-state index contributed by atoms with van der Waals surface area (Å²) in [5.74, 6) is 0.760. The third-order valence-electron chi connectivity index (χ3n) is 3.36. The molecule has 0 saturated heterocycles. The Bertz CT molecular complexity index is 650. The molecule has 6 nitrogen and oxygen atoms in total. The van der Waals surface area contributed by atoms with E-state index >= 15 is 0 Å². The van der Waals surface area contributed by atoms with E-state index in [1.165, 1.54) is 6.07 Å². The fraction of sp³-hybridized carbons (Fsp3) is 0.357. The van der Waals surface area contributed by atoms with Crippen LogP contribution in [0.15, 0.2) is 27.2 Å². The van der Waals surface area contributed by atoms with Crippen LogP contribution in [0.1, 0.15) is 35.5 Å². The first-order chi connectivity index (χ1) is 9.90. The molecule has 0 radical (unpaired) electrons. The van der Waals surface area contributed by atoms with Crippen molar-refractivity contribution >= 4 is 21.6 Å². The minimum absolute atomic E-state index is 0.00478. The Morgan fingerprint density at radius 1 is 1.48 bits per heavy atom. The summed E-state index contributed by atoms with van der Waals surface area (Å²) in [6.07, 6.45) is 0. The van der Waals surface area contributed by atoms with Crippen molar-refractivity contribution in [1.29, 1.82) is 0 Å². The third kappa shape index (κ3) is 3.48. The van der Waals surface area contributed by atoms with Gasteiger partial charge in [0.05, 0.1) is 10.6 Å². The molecule has 0 aliphatic carbocycles. The zero-order valence-electron chi connectivity index (χ0n) is 12.0. The van der Waals surface area contributed by atoms with Crippen LogP contribution in [0.2, 0.25) is 0 Å². The SMILES string of the molecule is Cc1noc(C)c1C(C)NCc1cc(Br)ccc1[N+](=O)[O-]. The first-order valence-electron chi connectivity index (χ1n) is 6.49. The quantitative estimate of drug-likeness (QED) is 0.652. The summed E-state index contributed by atoms with van der Waals surface area (Å²) in [4.78, 5) is 10.7. The van der Waals surface area contributed by atoms with Crippen LogP contribution in [-0.2, 0) is 6.54 Å². The summed E-state index contributed by atoms with van der Waals surface area (Å²) < 4.78 is 5.96. The molecule has 0 amide bonds. The van der Waals surface area contributed by atoms with E-state index in [0.29, 0.717) is 12.1 Å². The van der Waals surface area contributed by atoms with Crippen molar-refractivity contribution in [2.24, 2.45) is 0 Å². The second-order valence-corrected chi connectivity index (χ2v) is 5.79. The van der Waals surface area contributed by atoms with Gasteiger partial charge in [-0.05, 0) is 32.9 Å². The Labute approximate surface area is 130 Å². The number of nitrogens with zero attached hydrogens (tertiary/aromatic N) is 2. The van der Waals surface area contributed by atoms with Gasteiger partial charge in [0.15, 0.2) is 0 Å². The van der Waals surface area contributed by atoms with Gasteiger partial charge < -0.3 is 9.84 Å². The maximum atomic E-state index is 11.1. The van der Waals surface area contributed by atoms with Crippen molar-refractivity contribution in [1.82, 2.24) is 10.5 Å². The van der Waals surface area contributed by atoms with Crippen molar-refractivity contribution in [3.05, 3.63) is 55.4 Å². The van der Waals surface area contributed by atoms with E-state index in [9.17, 15) is 10.1 Å². The molecule has 0 bridgehead atoms. The largest absolute Gasteiger partial charge is 0.361 e. The number of halogens is 1. The van der Waals surface area contributed by atoms with E-state index in [0.717, 1.165) is 21.5 Å². The highest BCUT2D eigenvalue weighted by Gasteiger charge is 2.18. The summed E-state index contributed by atoms with van der Waals surface area (Å²) in [7, 11) is 0. The smallest absolute Gasteiger partial charge is 0.273 e. The summed E-state index contributed by atoms with van der Waals surface area (Å²) >= 11 is 3.34. The predicted octanol–water partition coefficient (Wildman–Crippen LogP) is 3.81. The van der Waals surface area contributed by atoms with Gasteiger partial charge in [0.2, 0.25) is 0 Å². The van der Waals surface area contributed by atoms with E-state index in [2.05, 4.69) is 26.4 Å². The molecule has 1 atom stereocenters. The molecule has 21 heavy (non-hydrogen) atoms. The van der Waals surface area contributed by atoms with Crippen LogP contribution in [0.3, 0.4) is 0 Å². The highest BCUT2D eigenvalue weighted by Crippen LogP contribution is 2.25. The molecule has 0 fully saturated rings. The summed E-state index contributed by atoms with van der Waals surface area (Å²) in [6, 6.07) is 4.92. The van der Waals surface area contributed by atoms with E-state index < -0.39 is 0 Å². The molecule has 1 N–H and O–H groups in total. The molecule has 0 spiro atoms. The number of aryl methyl sites for hydroxylation is 2. The van der Waals surface area contributed by atoms with Gasteiger partial charge in [0.1, 0.15) is 5.76 Å². The Hall–Kier alpha value is -1.73. The Balaban J connectivity index is 2.17. The highest BCUT2D eigenvalue weighted by molar-refractivity contribution is 9.10. The lowest BCUT2D eigenvalue weighted by molar-refractivity contribution is -0.385. The van der Waals surface area contributed by atoms with Crippen molar-refractivity contribution in [2.75, 3.05) is 0 Å². The van der Waals surface area contributed by atoms with Crippen LogP contribution < -0.4 is 5.32 Å². The molecule has 7 heteroatoms. The van der Waals surface area contributed by atoms with Crippen LogP contribution in [0.4, 0.5) is 5.69 Å². The van der Waals surface area contributed by atoms with E-state index in [-0.39, 0.29) is 16.7 Å². The first-order valence-corrected chi connectivity index (χ1v) is 7.28. The minimum Gasteiger partial charge on any atom is -0.361 e. The molecule has 0 saturated carbocycles. The molecule has 1 aromatic carbocycles. The third-order valence-corrected chi connectivity index (χ3v) is 3.85. The second-order valence-electron chi connectivity index (χ2n) is 4.87. The van der Waals surface area contributed by atoms with Crippen molar-refractivity contribution in [3.8, 4) is 0 Å². The average Bonchev–Trinajstić information content (AvgIpc) is 2.75. The van der Waals surface area contributed by atoms with Crippen molar-refractivity contribution in [2.45, 2.75) is 33.4 Å². The fourth-order valence-electron chi connectivity index (χ4n) is 2.35. The number of nitro benzene ring substituents is 1. The normalized spacial score (nSPS) is 12.4. The van der Waals surface area contributed by atoms with Crippen LogP contribution in [0.5, 0.6) is 0 Å². The van der Waals surface area contributed by atoms with Gasteiger partial charge in [-0.3, -0.25) is 10.1 Å². The van der Waals surface area contributed by atoms with Gasteiger partial charge >= 0.3 is 0 Å². The standard InChI is InChI=1S/C14H16BrN3O3/c1-8(14-9(2)17-21-10(14)3)16-7-11-6-12(15)4-5-13(11)18(19)20/h4-6,8,16H,7H2,1-3H3. The van der Waals surface area contributed by atoms with E-state index in [1.807, 2.05) is 20.8 Å². The number of hydrogen-bond donors (Lipinski definition) is 1. The van der Waals surface area contributed by atoms with Crippen molar-refractivity contribution in [3.63, 3.8) is 0 Å². The number of rotatable bonds is 5. The Kier molecular flexibility index (Phi) is 4.74. The van der Waals surface area contributed by atoms with Gasteiger partial charge in [-0.1, -0.05) is 21.1 Å². The topological polar surface area (TPSA) is 81.2 Å². The summed E-state index contributed by atoms with van der Waals surface area (Å²) in [6.45, 7) is 6.11.